The molecule has 5 heteroatoms. The third kappa shape index (κ3) is 4.55. The molecule has 0 spiro atoms. The molecule has 0 aromatic heterocycles. The van der Waals surface area contributed by atoms with E-state index in [1.807, 2.05) is 13.8 Å². The lowest BCUT2D eigenvalue weighted by Crippen LogP contribution is -2.34. The standard InChI is InChI=1S/C12H16N2O3/c1-8(2)14-11(15)7-17-10-5-3-9(4-6-10)12(13)16/h3-6,8H,7H2,1-2H3,(H2,13,16)(H,14,15). The Labute approximate surface area is 99.9 Å². The molecule has 0 saturated carbocycles. The van der Waals surface area contributed by atoms with Gasteiger partial charge in [-0.3, -0.25) is 9.59 Å². The van der Waals surface area contributed by atoms with Crippen molar-refractivity contribution in [3.05, 3.63) is 29.8 Å². The highest BCUT2D eigenvalue weighted by molar-refractivity contribution is 5.92. The minimum Gasteiger partial charge on any atom is -0.484 e. The van der Waals surface area contributed by atoms with Crippen molar-refractivity contribution in [2.75, 3.05) is 6.61 Å². The Kier molecular flexibility index (Phi) is 4.51. The number of benzene rings is 1. The summed E-state index contributed by atoms with van der Waals surface area (Å²) in [5.41, 5.74) is 5.50. The summed E-state index contributed by atoms with van der Waals surface area (Å²) in [6.07, 6.45) is 0. The van der Waals surface area contributed by atoms with Gasteiger partial charge in [0.2, 0.25) is 5.91 Å². The Hall–Kier alpha value is -2.04. The predicted molar refractivity (Wildman–Crippen MR) is 63.7 cm³/mol. The van der Waals surface area contributed by atoms with Gasteiger partial charge in [0.1, 0.15) is 5.75 Å². The van der Waals surface area contributed by atoms with Crippen molar-refractivity contribution in [3.8, 4) is 5.75 Å². The smallest absolute Gasteiger partial charge is 0.258 e. The van der Waals surface area contributed by atoms with Gasteiger partial charge in [-0.2, -0.15) is 0 Å². The summed E-state index contributed by atoms with van der Waals surface area (Å²) in [6.45, 7) is 3.70. The third-order valence-electron chi connectivity index (χ3n) is 1.96. The van der Waals surface area contributed by atoms with E-state index in [0.29, 0.717) is 11.3 Å². The molecule has 0 radical (unpaired) electrons. The second-order valence-corrected chi connectivity index (χ2v) is 3.90. The van der Waals surface area contributed by atoms with Crippen molar-refractivity contribution in [3.63, 3.8) is 0 Å². The third-order valence-corrected chi connectivity index (χ3v) is 1.96. The van der Waals surface area contributed by atoms with Gasteiger partial charge in [0, 0.05) is 11.6 Å². The molecule has 1 rings (SSSR count). The number of nitrogens with two attached hydrogens (primary N) is 1. The Morgan fingerprint density at radius 2 is 1.88 bits per heavy atom. The molecule has 92 valence electrons. The fraction of sp³-hybridized carbons (Fsp3) is 0.333. The van der Waals surface area contributed by atoms with E-state index >= 15 is 0 Å². The molecule has 0 atom stereocenters. The first-order chi connectivity index (χ1) is 7.99. The lowest BCUT2D eigenvalue weighted by atomic mass is 10.2. The van der Waals surface area contributed by atoms with Crippen LogP contribution in [-0.4, -0.2) is 24.5 Å². The second-order valence-electron chi connectivity index (χ2n) is 3.90. The Bertz CT molecular complexity index is 399. The van der Waals surface area contributed by atoms with Crippen LogP contribution in [-0.2, 0) is 4.79 Å². The first kappa shape index (κ1) is 13.0. The second kappa shape index (κ2) is 5.89. The van der Waals surface area contributed by atoms with Gasteiger partial charge in [0.25, 0.3) is 5.91 Å². The molecule has 0 aliphatic carbocycles. The molecule has 0 aliphatic rings. The highest BCUT2D eigenvalue weighted by atomic mass is 16.5. The fourth-order valence-electron chi connectivity index (χ4n) is 1.23. The average molecular weight is 236 g/mol. The van der Waals surface area contributed by atoms with Crippen molar-refractivity contribution in [1.29, 1.82) is 0 Å². The Morgan fingerprint density at radius 3 is 2.35 bits per heavy atom. The Balaban J connectivity index is 2.47. The van der Waals surface area contributed by atoms with Crippen LogP contribution in [0.4, 0.5) is 0 Å². The molecule has 0 fully saturated rings. The number of hydrogen-bond acceptors (Lipinski definition) is 3. The van der Waals surface area contributed by atoms with E-state index in [4.69, 9.17) is 10.5 Å². The van der Waals surface area contributed by atoms with Crippen LogP contribution >= 0.6 is 0 Å². The number of rotatable bonds is 5. The van der Waals surface area contributed by atoms with Crippen molar-refractivity contribution < 1.29 is 14.3 Å². The maximum Gasteiger partial charge on any atom is 0.258 e. The summed E-state index contributed by atoms with van der Waals surface area (Å²) in [7, 11) is 0. The van der Waals surface area contributed by atoms with Gasteiger partial charge in [-0.05, 0) is 38.1 Å². The summed E-state index contributed by atoms with van der Waals surface area (Å²) in [4.78, 5) is 22.1. The first-order valence-corrected chi connectivity index (χ1v) is 5.31. The first-order valence-electron chi connectivity index (χ1n) is 5.31. The van der Waals surface area contributed by atoms with Crippen LogP contribution in [0, 0.1) is 0 Å². The van der Waals surface area contributed by atoms with E-state index in [2.05, 4.69) is 5.32 Å². The number of carbonyl (C=O) groups is 2. The zero-order valence-corrected chi connectivity index (χ0v) is 9.90. The average Bonchev–Trinajstić information content (AvgIpc) is 2.26. The number of hydrogen-bond donors (Lipinski definition) is 2. The summed E-state index contributed by atoms with van der Waals surface area (Å²) < 4.78 is 5.24. The molecule has 1 aromatic carbocycles. The summed E-state index contributed by atoms with van der Waals surface area (Å²) >= 11 is 0. The molecule has 0 heterocycles. The van der Waals surface area contributed by atoms with Gasteiger partial charge in [-0.25, -0.2) is 0 Å². The number of nitrogens with one attached hydrogen (secondary N) is 1. The summed E-state index contributed by atoms with van der Waals surface area (Å²) in [5, 5.41) is 2.70. The van der Waals surface area contributed by atoms with Gasteiger partial charge in [0.15, 0.2) is 6.61 Å². The zero-order chi connectivity index (χ0) is 12.8. The molecule has 5 nitrogen and oxygen atoms in total. The molecule has 0 unspecified atom stereocenters. The Morgan fingerprint density at radius 1 is 1.29 bits per heavy atom. The normalized spacial score (nSPS) is 10.1. The monoisotopic (exact) mass is 236 g/mol. The van der Waals surface area contributed by atoms with Gasteiger partial charge in [0.05, 0.1) is 0 Å². The number of primary amides is 1. The van der Waals surface area contributed by atoms with E-state index in [9.17, 15) is 9.59 Å². The quantitative estimate of drug-likeness (QED) is 0.789. The zero-order valence-electron chi connectivity index (χ0n) is 9.90. The lowest BCUT2D eigenvalue weighted by Gasteiger charge is -2.09. The maximum atomic E-state index is 11.3. The largest absolute Gasteiger partial charge is 0.484 e. The van der Waals surface area contributed by atoms with Crippen molar-refractivity contribution in [1.82, 2.24) is 5.32 Å². The number of carbonyl (C=O) groups excluding carboxylic acids is 2. The maximum absolute atomic E-state index is 11.3. The van der Waals surface area contributed by atoms with Crippen molar-refractivity contribution in [2.45, 2.75) is 19.9 Å². The summed E-state index contributed by atoms with van der Waals surface area (Å²) in [5.74, 6) is -0.151. The van der Waals surface area contributed by atoms with Crippen LogP contribution < -0.4 is 15.8 Å². The van der Waals surface area contributed by atoms with Crippen LogP contribution in [0.3, 0.4) is 0 Å². The lowest BCUT2D eigenvalue weighted by molar-refractivity contribution is -0.123. The van der Waals surface area contributed by atoms with Gasteiger partial charge in [-0.15, -0.1) is 0 Å². The van der Waals surface area contributed by atoms with Crippen LogP contribution in [0.5, 0.6) is 5.75 Å². The molecule has 0 aliphatic heterocycles. The topological polar surface area (TPSA) is 81.4 Å². The minimum absolute atomic E-state index is 0.0475. The number of ether oxygens (including phenoxy) is 1. The van der Waals surface area contributed by atoms with E-state index in [0.717, 1.165) is 0 Å². The van der Waals surface area contributed by atoms with E-state index in [1.54, 1.807) is 24.3 Å². The van der Waals surface area contributed by atoms with Crippen LogP contribution in [0.1, 0.15) is 24.2 Å². The van der Waals surface area contributed by atoms with Crippen molar-refractivity contribution >= 4 is 11.8 Å². The molecular weight excluding hydrogens is 220 g/mol. The molecule has 0 saturated heterocycles. The minimum atomic E-state index is -0.492. The highest BCUT2D eigenvalue weighted by Crippen LogP contribution is 2.11. The molecule has 1 aromatic rings. The van der Waals surface area contributed by atoms with Gasteiger partial charge in [-0.1, -0.05) is 0 Å². The van der Waals surface area contributed by atoms with E-state index < -0.39 is 5.91 Å². The van der Waals surface area contributed by atoms with Crippen molar-refractivity contribution in [2.24, 2.45) is 5.73 Å². The van der Waals surface area contributed by atoms with Gasteiger partial charge >= 0.3 is 0 Å². The van der Waals surface area contributed by atoms with Crippen LogP contribution in [0.25, 0.3) is 0 Å². The molecule has 17 heavy (non-hydrogen) atoms. The van der Waals surface area contributed by atoms with Crippen LogP contribution in [0.2, 0.25) is 0 Å². The van der Waals surface area contributed by atoms with E-state index in [-0.39, 0.29) is 18.6 Å². The predicted octanol–water partition coefficient (Wildman–Crippen LogP) is 0.689. The van der Waals surface area contributed by atoms with Gasteiger partial charge < -0.3 is 15.8 Å². The molecular formula is C12H16N2O3. The SMILES string of the molecule is CC(C)NC(=O)COc1ccc(C(N)=O)cc1. The number of amides is 2. The highest BCUT2D eigenvalue weighted by Gasteiger charge is 2.05. The molecule has 0 bridgehead atoms. The molecule has 2 amide bonds. The van der Waals surface area contributed by atoms with Crippen LogP contribution in [0.15, 0.2) is 24.3 Å². The van der Waals surface area contributed by atoms with E-state index in [1.165, 1.54) is 0 Å². The molecule has 3 N–H and O–H groups in total. The fourth-order valence-corrected chi connectivity index (χ4v) is 1.23. The summed E-state index contributed by atoms with van der Waals surface area (Å²) in [6, 6.07) is 6.39.